The summed E-state index contributed by atoms with van der Waals surface area (Å²) >= 11 is 0. The maximum absolute atomic E-state index is 12.2. The summed E-state index contributed by atoms with van der Waals surface area (Å²) < 4.78 is 5.30. The second kappa shape index (κ2) is 8.02. The van der Waals surface area contributed by atoms with Crippen LogP contribution in [0.25, 0.3) is 0 Å². The van der Waals surface area contributed by atoms with E-state index in [0.29, 0.717) is 24.8 Å². The highest BCUT2D eigenvalue weighted by atomic mass is 35.5. The molecule has 128 valence electrons. The Bertz CT molecular complexity index is 546. The number of hydrogen-bond acceptors (Lipinski definition) is 3. The number of nitrogens with two attached hydrogens (primary N) is 1. The molecule has 5 heteroatoms. The topological polar surface area (TPSA) is 64.3 Å². The summed E-state index contributed by atoms with van der Waals surface area (Å²) in [5.41, 5.74) is 8.69. The van der Waals surface area contributed by atoms with E-state index in [-0.39, 0.29) is 24.4 Å². The van der Waals surface area contributed by atoms with E-state index in [1.807, 2.05) is 6.07 Å². The first-order valence-corrected chi connectivity index (χ1v) is 8.36. The van der Waals surface area contributed by atoms with Crippen molar-refractivity contribution >= 4 is 18.3 Å². The van der Waals surface area contributed by atoms with Gasteiger partial charge in [0.25, 0.3) is 0 Å². The number of halogens is 1. The van der Waals surface area contributed by atoms with Gasteiger partial charge in [0.05, 0.1) is 7.11 Å². The second-order valence-corrected chi connectivity index (χ2v) is 6.66. The zero-order valence-corrected chi connectivity index (χ0v) is 14.5. The fourth-order valence-corrected chi connectivity index (χ4v) is 3.45. The van der Waals surface area contributed by atoms with E-state index in [1.165, 1.54) is 24.0 Å². The van der Waals surface area contributed by atoms with Crippen LogP contribution in [0.3, 0.4) is 0 Å². The Labute approximate surface area is 144 Å². The molecule has 23 heavy (non-hydrogen) atoms. The molecule has 1 amide bonds. The molecule has 0 saturated heterocycles. The molecule has 0 spiro atoms. The first-order valence-electron chi connectivity index (χ1n) is 8.36. The number of carbonyl (C=O) groups excluding carboxylic acids is 1. The summed E-state index contributed by atoms with van der Waals surface area (Å²) in [5, 5.41) is 3.02. The number of ether oxygens (including phenoxy) is 1. The van der Waals surface area contributed by atoms with Gasteiger partial charge < -0.3 is 15.8 Å². The lowest BCUT2D eigenvalue weighted by Gasteiger charge is -2.25. The standard InChI is InChI=1S/C18H26N2O2.ClH/c1-22-15-7-8-16-13(9-15)3-2-4-14(16)10-18(21)20-11-17(19)12-5-6-12;/h7-9,12,14,17H,2-6,10-11,19H2,1H3,(H,20,21);1H. The van der Waals surface area contributed by atoms with Gasteiger partial charge in [-0.3, -0.25) is 4.79 Å². The van der Waals surface area contributed by atoms with Crippen molar-refractivity contribution in [2.24, 2.45) is 11.7 Å². The Kier molecular flexibility index (Phi) is 6.31. The van der Waals surface area contributed by atoms with Crippen LogP contribution >= 0.6 is 12.4 Å². The number of hydrogen-bond donors (Lipinski definition) is 2. The number of benzene rings is 1. The number of fused-ring (bicyclic) bond motifs is 1. The fraction of sp³-hybridized carbons (Fsp3) is 0.611. The molecule has 1 fully saturated rings. The summed E-state index contributed by atoms with van der Waals surface area (Å²) in [6.07, 6.45) is 6.30. The Balaban J connectivity index is 0.00000192. The number of aryl methyl sites for hydroxylation is 1. The molecule has 1 aromatic rings. The van der Waals surface area contributed by atoms with Gasteiger partial charge in [0, 0.05) is 19.0 Å². The van der Waals surface area contributed by atoms with Crippen molar-refractivity contribution < 1.29 is 9.53 Å². The van der Waals surface area contributed by atoms with Crippen LogP contribution in [0.4, 0.5) is 0 Å². The van der Waals surface area contributed by atoms with Crippen molar-refractivity contribution in [3.63, 3.8) is 0 Å². The smallest absolute Gasteiger partial charge is 0.220 e. The van der Waals surface area contributed by atoms with Crippen molar-refractivity contribution in [2.45, 2.75) is 50.5 Å². The number of methoxy groups -OCH3 is 1. The third kappa shape index (κ3) is 4.61. The van der Waals surface area contributed by atoms with Crippen molar-refractivity contribution in [3.8, 4) is 5.75 Å². The summed E-state index contributed by atoms with van der Waals surface area (Å²) in [7, 11) is 1.69. The lowest BCUT2D eigenvalue weighted by Crippen LogP contribution is -2.39. The SMILES string of the molecule is COc1ccc2c(c1)CCCC2CC(=O)NCC(N)C1CC1.Cl. The van der Waals surface area contributed by atoms with Gasteiger partial charge in [-0.2, -0.15) is 0 Å². The number of rotatable bonds is 6. The van der Waals surface area contributed by atoms with Crippen LogP contribution in [-0.2, 0) is 11.2 Å². The van der Waals surface area contributed by atoms with Crippen molar-refractivity contribution in [1.29, 1.82) is 0 Å². The highest BCUT2D eigenvalue weighted by Gasteiger charge is 2.29. The van der Waals surface area contributed by atoms with Crippen molar-refractivity contribution in [3.05, 3.63) is 29.3 Å². The molecule has 3 rings (SSSR count). The molecule has 2 unspecified atom stereocenters. The van der Waals surface area contributed by atoms with E-state index in [9.17, 15) is 4.79 Å². The largest absolute Gasteiger partial charge is 0.497 e. The third-order valence-electron chi connectivity index (χ3n) is 4.98. The van der Waals surface area contributed by atoms with Gasteiger partial charge in [-0.25, -0.2) is 0 Å². The molecule has 0 aliphatic heterocycles. The van der Waals surface area contributed by atoms with Crippen LogP contribution in [0.1, 0.15) is 49.1 Å². The van der Waals surface area contributed by atoms with Crippen LogP contribution in [-0.4, -0.2) is 25.6 Å². The van der Waals surface area contributed by atoms with Gasteiger partial charge in [0.15, 0.2) is 0 Å². The minimum atomic E-state index is 0. The lowest BCUT2D eigenvalue weighted by molar-refractivity contribution is -0.121. The molecule has 4 nitrogen and oxygen atoms in total. The van der Waals surface area contributed by atoms with E-state index >= 15 is 0 Å². The molecule has 3 N–H and O–H groups in total. The fourth-order valence-electron chi connectivity index (χ4n) is 3.45. The van der Waals surface area contributed by atoms with Crippen LogP contribution in [0.5, 0.6) is 5.75 Å². The van der Waals surface area contributed by atoms with Crippen molar-refractivity contribution in [2.75, 3.05) is 13.7 Å². The van der Waals surface area contributed by atoms with Gasteiger partial charge in [-0.1, -0.05) is 6.07 Å². The Hall–Kier alpha value is -1.26. The minimum Gasteiger partial charge on any atom is -0.497 e. The van der Waals surface area contributed by atoms with Gasteiger partial charge in [-0.15, -0.1) is 12.4 Å². The predicted molar refractivity (Wildman–Crippen MR) is 94.2 cm³/mol. The maximum Gasteiger partial charge on any atom is 0.220 e. The van der Waals surface area contributed by atoms with E-state index in [4.69, 9.17) is 10.5 Å². The van der Waals surface area contributed by atoms with Crippen LogP contribution in [0.2, 0.25) is 0 Å². The average molecular weight is 339 g/mol. The molecular weight excluding hydrogens is 312 g/mol. The quantitative estimate of drug-likeness (QED) is 0.838. The van der Waals surface area contributed by atoms with E-state index in [2.05, 4.69) is 17.4 Å². The van der Waals surface area contributed by atoms with Crippen LogP contribution < -0.4 is 15.8 Å². The molecule has 2 atom stereocenters. The third-order valence-corrected chi connectivity index (χ3v) is 4.98. The van der Waals surface area contributed by atoms with Gasteiger partial charge >= 0.3 is 0 Å². The zero-order chi connectivity index (χ0) is 15.5. The number of carbonyl (C=O) groups is 1. The normalized spacial score (nSPS) is 20.9. The van der Waals surface area contributed by atoms with E-state index in [0.717, 1.165) is 25.0 Å². The minimum absolute atomic E-state index is 0. The number of amides is 1. The summed E-state index contributed by atoms with van der Waals surface area (Å²) in [6.45, 7) is 0.617. The van der Waals surface area contributed by atoms with Crippen molar-refractivity contribution in [1.82, 2.24) is 5.32 Å². The molecule has 1 aromatic carbocycles. The average Bonchev–Trinajstić information content (AvgIpc) is 3.37. The van der Waals surface area contributed by atoms with Gasteiger partial charge in [0.2, 0.25) is 5.91 Å². The predicted octanol–water partition coefficient (Wildman–Crippen LogP) is 2.78. The maximum atomic E-state index is 12.2. The zero-order valence-electron chi connectivity index (χ0n) is 13.7. The van der Waals surface area contributed by atoms with E-state index < -0.39 is 0 Å². The van der Waals surface area contributed by atoms with Gasteiger partial charge in [-0.05, 0) is 67.2 Å². The highest BCUT2D eigenvalue weighted by Crippen LogP contribution is 2.36. The highest BCUT2D eigenvalue weighted by molar-refractivity contribution is 5.85. The Morgan fingerprint density at radius 3 is 2.87 bits per heavy atom. The monoisotopic (exact) mass is 338 g/mol. The lowest BCUT2D eigenvalue weighted by atomic mass is 9.81. The van der Waals surface area contributed by atoms with Gasteiger partial charge in [0.1, 0.15) is 5.75 Å². The van der Waals surface area contributed by atoms with Crippen LogP contribution in [0, 0.1) is 5.92 Å². The molecule has 0 heterocycles. The number of nitrogens with one attached hydrogen (secondary N) is 1. The summed E-state index contributed by atoms with van der Waals surface area (Å²) in [6, 6.07) is 6.37. The molecule has 1 saturated carbocycles. The molecule has 0 radical (unpaired) electrons. The summed E-state index contributed by atoms with van der Waals surface area (Å²) in [5.74, 6) is 1.99. The second-order valence-electron chi connectivity index (χ2n) is 6.66. The molecule has 0 bridgehead atoms. The molecule has 2 aliphatic rings. The molecule has 2 aliphatic carbocycles. The Morgan fingerprint density at radius 2 is 2.17 bits per heavy atom. The molecular formula is C18H27ClN2O2. The molecule has 0 aromatic heterocycles. The van der Waals surface area contributed by atoms with E-state index in [1.54, 1.807) is 7.11 Å². The first kappa shape index (κ1) is 18.1. The summed E-state index contributed by atoms with van der Waals surface area (Å²) in [4.78, 5) is 12.2. The Morgan fingerprint density at radius 1 is 1.39 bits per heavy atom. The van der Waals surface area contributed by atoms with Crippen LogP contribution in [0.15, 0.2) is 18.2 Å². The first-order chi connectivity index (χ1) is 10.7.